The molecule has 5 heteroatoms. The van der Waals surface area contributed by atoms with Crippen LogP contribution in [0.5, 0.6) is 0 Å². The summed E-state index contributed by atoms with van der Waals surface area (Å²) in [5.74, 6) is -1.32. The highest BCUT2D eigenvalue weighted by molar-refractivity contribution is 9.10. The van der Waals surface area contributed by atoms with Crippen molar-refractivity contribution in [2.24, 2.45) is 0 Å². The monoisotopic (exact) mass is 325 g/mol. The summed E-state index contributed by atoms with van der Waals surface area (Å²) in [6.45, 7) is 3.81. The molecule has 102 valence electrons. The molecular formula is C14H16BrNO3. The lowest BCUT2D eigenvalue weighted by Crippen LogP contribution is -2.34. The topological polar surface area (TPSA) is 57.6 Å². The molecule has 0 spiro atoms. The lowest BCUT2D eigenvalue weighted by Gasteiger charge is -2.16. The number of hydrogen-bond acceptors (Lipinski definition) is 2. The van der Waals surface area contributed by atoms with Crippen molar-refractivity contribution in [1.29, 1.82) is 0 Å². The predicted molar refractivity (Wildman–Crippen MR) is 77.8 cm³/mol. The molecule has 0 aliphatic carbocycles. The number of rotatable bonds is 5. The first-order valence-corrected chi connectivity index (χ1v) is 6.68. The first-order valence-electron chi connectivity index (χ1n) is 5.89. The molecule has 1 N–H and O–H groups in total. The third-order valence-corrected chi connectivity index (χ3v) is 3.27. The van der Waals surface area contributed by atoms with Crippen LogP contribution in [0.1, 0.15) is 18.1 Å². The maximum Gasteiger partial charge on any atom is 0.323 e. The van der Waals surface area contributed by atoms with E-state index in [9.17, 15) is 9.59 Å². The molecule has 0 unspecified atom stereocenters. The van der Waals surface area contributed by atoms with Gasteiger partial charge in [0.2, 0.25) is 5.91 Å². The van der Waals surface area contributed by atoms with Gasteiger partial charge in [-0.05, 0) is 37.1 Å². The molecule has 1 amide bonds. The second kappa shape index (κ2) is 7.09. The fraction of sp³-hybridized carbons (Fsp3) is 0.286. The minimum Gasteiger partial charge on any atom is -0.480 e. The molecule has 0 atom stereocenters. The molecule has 0 bridgehead atoms. The molecule has 19 heavy (non-hydrogen) atoms. The van der Waals surface area contributed by atoms with Crippen molar-refractivity contribution in [3.63, 3.8) is 0 Å². The van der Waals surface area contributed by atoms with Crippen molar-refractivity contribution in [2.45, 2.75) is 13.8 Å². The molecule has 0 aliphatic heterocycles. The van der Waals surface area contributed by atoms with Gasteiger partial charge in [0.25, 0.3) is 0 Å². The highest BCUT2D eigenvalue weighted by Gasteiger charge is 2.11. The highest BCUT2D eigenvalue weighted by Crippen LogP contribution is 2.19. The molecule has 0 aromatic heterocycles. The third-order valence-electron chi connectivity index (χ3n) is 2.58. The number of benzene rings is 1. The van der Waals surface area contributed by atoms with Gasteiger partial charge in [0.05, 0.1) is 0 Å². The zero-order chi connectivity index (χ0) is 14.4. The fourth-order valence-electron chi connectivity index (χ4n) is 1.54. The van der Waals surface area contributed by atoms with Crippen LogP contribution in [0.3, 0.4) is 0 Å². The maximum atomic E-state index is 11.8. The number of aliphatic carboxylic acids is 1. The summed E-state index contributed by atoms with van der Waals surface area (Å²) < 4.78 is 0.901. The molecular weight excluding hydrogens is 310 g/mol. The Morgan fingerprint density at radius 1 is 1.42 bits per heavy atom. The van der Waals surface area contributed by atoms with Gasteiger partial charge >= 0.3 is 5.97 Å². The third kappa shape index (κ3) is 4.87. The number of nitrogens with zero attached hydrogens (tertiary/aromatic N) is 1. The normalized spacial score (nSPS) is 10.7. The molecule has 0 radical (unpaired) electrons. The van der Waals surface area contributed by atoms with Crippen LogP contribution < -0.4 is 0 Å². The van der Waals surface area contributed by atoms with Crippen molar-refractivity contribution in [3.05, 3.63) is 39.9 Å². The number of aryl methyl sites for hydroxylation is 1. The summed E-state index contributed by atoms with van der Waals surface area (Å²) in [5, 5.41) is 8.70. The van der Waals surface area contributed by atoms with Crippen molar-refractivity contribution in [2.75, 3.05) is 13.1 Å². The number of carboxylic acids is 1. The van der Waals surface area contributed by atoms with Crippen LogP contribution in [0.2, 0.25) is 0 Å². The van der Waals surface area contributed by atoms with Crippen LogP contribution in [-0.2, 0) is 9.59 Å². The summed E-state index contributed by atoms with van der Waals surface area (Å²) >= 11 is 3.42. The van der Waals surface area contributed by atoms with E-state index in [2.05, 4.69) is 15.9 Å². The van der Waals surface area contributed by atoms with Gasteiger partial charge in [0.1, 0.15) is 6.54 Å². The second-order valence-electron chi connectivity index (χ2n) is 4.10. The van der Waals surface area contributed by atoms with Crippen LogP contribution in [0, 0.1) is 6.92 Å². The Kier molecular flexibility index (Phi) is 5.76. The smallest absolute Gasteiger partial charge is 0.323 e. The van der Waals surface area contributed by atoms with Gasteiger partial charge in [0.15, 0.2) is 0 Å². The lowest BCUT2D eigenvalue weighted by atomic mass is 10.1. The molecule has 0 saturated heterocycles. The number of likely N-dealkylation sites (N-methyl/N-ethyl adjacent to an activating group) is 1. The van der Waals surface area contributed by atoms with Crippen LogP contribution in [0.15, 0.2) is 28.7 Å². The van der Waals surface area contributed by atoms with Crippen LogP contribution in [0.4, 0.5) is 0 Å². The fourth-order valence-corrected chi connectivity index (χ4v) is 2.17. The van der Waals surface area contributed by atoms with Gasteiger partial charge in [-0.3, -0.25) is 9.59 Å². The quantitative estimate of drug-likeness (QED) is 0.847. The Balaban J connectivity index is 2.79. The van der Waals surface area contributed by atoms with E-state index in [4.69, 9.17) is 5.11 Å². The van der Waals surface area contributed by atoms with Gasteiger partial charge in [-0.25, -0.2) is 0 Å². The molecule has 4 nitrogen and oxygen atoms in total. The number of carbonyl (C=O) groups is 2. The minimum absolute atomic E-state index is 0.283. The van der Waals surface area contributed by atoms with Crippen molar-refractivity contribution >= 4 is 33.9 Å². The van der Waals surface area contributed by atoms with E-state index in [1.165, 1.54) is 11.0 Å². The molecule has 1 aromatic rings. The van der Waals surface area contributed by atoms with E-state index in [0.29, 0.717) is 6.54 Å². The zero-order valence-corrected chi connectivity index (χ0v) is 12.5. The Hall–Kier alpha value is -1.62. The first kappa shape index (κ1) is 15.4. The average Bonchev–Trinajstić information content (AvgIpc) is 2.34. The largest absolute Gasteiger partial charge is 0.480 e. The number of carboxylic acid groups (broad SMARTS) is 1. The van der Waals surface area contributed by atoms with Crippen LogP contribution in [-0.4, -0.2) is 35.0 Å². The Bertz CT molecular complexity index is 511. The lowest BCUT2D eigenvalue weighted by molar-refractivity contribution is -0.142. The second-order valence-corrected chi connectivity index (χ2v) is 4.96. The number of carbonyl (C=O) groups excluding carboxylic acids is 1. The van der Waals surface area contributed by atoms with E-state index in [1.807, 2.05) is 25.1 Å². The van der Waals surface area contributed by atoms with Crippen LogP contribution in [0.25, 0.3) is 6.08 Å². The molecule has 0 heterocycles. The van der Waals surface area contributed by atoms with Crippen molar-refractivity contribution < 1.29 is 14.7 Å². The van der Waals surface area contributed by atoms with Gasteiger partial charge in [0, 0.05) is 17.1 Å². The summed E-state index contributed by atoms with van der Waals surface area (Å²) in [6, 6.07) is 5.80. The Labute approximate surface area is 120 Å². The van der Waals surface area contributed by atoms with E-state index < -0.39 is 5.97 Å². The summed E-state index contributed by atoms with van der Waals surface area (Å²) in [6.07, 6.45) is 3.07. The number of hydrogen-bond donors (Lipinski definition) is 1. The maximum absolute atomic E-state index is 11.8. The SMILES string of the molecule is CCN(CC(=O)O)C(=O)/C=C/c1ccc(C)cc1Br. The van der Waals surface area contributed by atoms with E-state index in [0.717, 1.165) is 15.6 Å². The molecule has 0 aliphatic rings. The molecule has 1 aromatic carbocycles. The Morgan fingerprint density at radius 3 is 2.63 bits per heavy atom. The Morgan fingerprint density at radius 2 is 2.11 bits per heavy atom. The average molecular weight is 326 g/mol. The zero-order valence-electron chi connectivity index (χ0n) is 10.9. The van der Waals surface area contributed by atoms with E-state index >= 15 is 0 Å². The summed E-state index contributed by atoms with van der Waals surface area (Å²) in [7, 11) is 0. The summed E-state index contributed by atoms with van der Waals surface area (Å²) in [4.78, 5) is 23.7. The van der Waals surface area contributed by atoms with Crippen molar-refractivity contribution in [3.8, 4) is 0 Å². The summed E-state index contributed by atoms with van der Waals surface area (Å²) in [5.41, 5.74) is 2.00. The molecule has 0 fully saturated rings. The number of halogens is 1. The minimum atomic E-state index is -1.01. The van der Waals surface area contributed by atoms with Gasteiger partial charge in [-0.1, -0.05) is 28.1 Å². The van der Waals surface area contributed by atoms with E-state index in [1.54, 1.807) is 13.0 Å². The van der Waals surface area contributed by atoms with Crippen LogP contribution >= 0.6 is 15.9 Å². The van der Waals surface area contributed by atoms with Gasteiger partial charge in [-0.15, -0.1) is 0 Å². The highest BCUT2D eigenvalue weighted by atomic mass is 79.9. The molecule has 0 saturated carbocycles. The molecule has 1 rings (SSSR count). The first-order chi connectivity index (χ1) is 8.93. The van der Waals surface area contributed by atoms with Gasteiger partial charge in [-0.2, -0.15) is 0 Å². The van der Waals surface area contributed by atoms with Gasteiger partial charge < -0.3 is 10.0 Å². The standard InChI is InChI=1S/C14H16BrNO3/c1-3-16(9-14(18)19)13(17)7-6-11-5-4-10(2)8-12(11)15/h4-8H,3,9H2,1-2H3,(H,18,19)/b7-6+. The van der Waals surface area contributed by atoms with Crippen molar-refractivity contribution in [1.82, 2.24) is 4.90 Å². The predicted octanol–water partition coefficient (Wildman–Crippen LogP) is 2.70. The number of amides is 1. The van der Waals surface area contributed by atoms with E-state index in [-0.39, 0.29) is 12.5 Å².